The van der Waals surface area contributed by atoms with E-state index in [1.54, 1.807) is 6.20 Å². The molecule has 0 spiro atoms. The third kappa shape index (κ3) is 8.85. The molecule has 22 heavy (non-hydrogen) atoms. The molecular weight excluding hydrogens is 300 g/mol. The number of nitrogens with zero attached hydrogens (tertiary/aromatic N) is 2. The summed E-state index contributed by atoms with van der Waals surface area (Å²) in [6.45, 7) is 9.29. The maximum Gasteiger partial charge on any atom is 0.191 e. The standard InChI is InChI=1S/C16H27ClN4O/c1-4-18-16(19-9-5-11-22-13(2)3)20-10-8-14-6-7-15(17)21-12-14/h6-7,12-13H,4-5,8-11H2,1-3H3,(H2,18,19,20). The predicted octanol–water partition coefficient (Wildman–Crippen LogP) is 2.65. The minimum Gasteiger partial charge on any atom is -0.379 e. The Bertz CT molecular complexity index is 434. The van der Waals surface area contributed by atoms with Crippen LogP contribution in [0.5, 0.6) is 0 Å². The Labute approximate surface area is 138 Å². The van der Waals surface area contributed by atoms with Crippen LogP contribution < -0.4 is 10.6 Å². The van der Waals surface area contributed by atoms with Crippen molar-refractivity contribution >= 4 is 17.6 Å². The van der Waals surface area contributed by atoms with Gasteiger partial charge in [-0.1, -0.05) is 17.7 Å². The molecule has 0 amide bonds. The molecule has 1 aromatic rings. The number of hydrogen-bond donors (Lipinski definition) is 2. The van der Waals surface area contributed by atoms with Crippen LogP contribution in [0.3, 0.4) is 0 Å². The van der Waals surface area contributed by atoms with Gasteiger partial charge in [0.2, 0.25) is 0 Å². The number of aliphatic imine (C=N–C) groups is 1. The minimum absolute atomic E-state index is 0.281. The zero-order chi connectivity index (χ0) is 16.2. The number of guanidine groups is 1. The molecule has 0 atom stereocenters. The second-order valence-corrected chi connectivity index (χ2v) is 5.59. The van der Waals surface area contributed by atoms with Gasteiger partial charge in [0.05, 0.1) is 6.10 Å². The van der Waals surface area contributed by atoms with Crippen molar-refractivity contribution in [2.45, 2.75) is 39.7 Å². The molecule has 124 valence electrons. The summed E-state index contributed by atoms with van der Waals surface area (Å²) in [6, 6.07) is 3.80. The fourth-order valence-electron chi connectivity index (χ4n) is 1.80. The van der Waals surface area contributed by atoms with Crippen LogP contribution in [0.2, 0.25) is 5.15 Å². The highest BCUT2D eigenvalue weighted by atomic mass is 35.5. The van der Waals surface area contributed by atoms with Gasteiger partial charge in [-0.2, -0.15) is 0 Å². The Morgan fingerprint density at radius 1 is 1.36 bits per heavy atom. The van der Waals surface area contributed by atoms with E-state index in [1.807, 2.05) is 26.0 Å². The van der Waals surface area contributed by atoms with E-state index >= 15 is 0 Å². The second kappa shape index (κ2) is 11.3. The van der Waals surface area contributed by atoms with Crippen LogP contribution in [0.15, 0.2) is 23.3 Å². The van der Waals surface area contributed by atoms with Gasteiger partial charge in [0.15, 0.2) is 5.96 Å². The lowest BCUT2D eigenvalue weighted by Gasteiger charge is -2.11. The molecule has 0 unspecified atom stereocenters. The summed E-state index contributed by atoms with van der Waals surface area (Å²) in [7, 11) is 0. The van der Waals surface area contributed by atoms with Crippen molar-refractivity contribution < 1.29 is 4.74 Å². The normalized spacial score (nSPS) is 11.8. The third-order valence-corrected chi connectivity index (χ3v) is 3.09. The number of rotatable bonds is 9. The largest absolute Gasteiger partial charge is 0.379 e. The van der Waals surface area contributed by atoms with Gasteiger partial charge in [-0.3, -0.25) is 4.99 Å². The van der Waals surface area contributed by atoms with Gasteiger partial charge in [0, 0.05) is 32.4 Å². The number of halogens is 1. The van der Waals surface area contributed by atoms with Crippen molar-refractivity contribution in [3.63, 3.8) is 0 Å². The summed E-state index contributed by atoms with van der Waals surface area (Å²) in [4.78, 5) is 8.61. The lowest BCUT2D eigenvalue weighted by Crippen LogP contribution is -2.38. The van der Waals surface area contributed by atoms with Gasteiger partial charge in [-0.25, -0.2) is 4.98 Å². The molecule has 0 aliphatic rings. The lowest BCUT2D eigenvalue weighted by molar-refractivity contribution is 0.0782. The summed E-state index contributed by atoms with van der Waals surface area (Å²) in [6.07, 6.45) is 3.89. The van der Waals surface area contributed by atoms with Crippen LogP contribution in [0.25, 0.3) is 0 Å². The van der Waals surface area contributed by atoms with E-state index < -0.39 is 0 Å². The summed E-state index contributed by atoms with van der Waals surface area (Å²) in [5.74, 6) is 0.842. The first-order chi connectivity index (χ1) is 10.6. The molecule has 0 aliphatic heterocycles. The van der Waals surface area contributed by atoms with Crippen molar-refractivity contribution in [2.24, 2.45) is 4.99 Å². The van der Waals surface area contributed by atoms with E-state index in [4.69, 9.17) is 16.3 Å². The summed E-state index contributed by atoms with van der Waals surface area (Å²) >= 11 is 5.77. The first kappa shape index (κ1) is 18.7. The zero-order valence-corrected chi connectivity index (χ0v) is 14.5. The molecule has 0 saturated heterocycles. The van der Waals surface area contributed by atoms with Gasteiger partial charge in [-0.15, -0.1) is 0 Å². The van der Waals surface area contributed by atoms with Gasteiger partial charge in [0.1, 0.15) is 5.15 Å². The molecule has 2 N–H and O–H groups in total. The monoisotopic (exact) mass is 326 g/mol. The van der Waals surface area contributed by atoms with Gasteiger partial charge in [0.25, 0.3) is 0 Å². The SMILES string of the molecule is CCNC(=NCCCOC(C)C)NCCc1ccc(Cl)nc1. The molecule has 0 fully saturated rings. The third-order valence-electron chi connectivity index (χ3n) is 2.86. The summed E-state index contributed by atoms with van der Waals surface area (Å²) < 4.78 is 5.50. The molecule has 6 heteroatoms. The van der Waals surface area contributed by atoms with Crippen LogP contribution in [0.4, 0.5) is 0 Å². The van der Waals surface area contributed by atoms with Crippen LogP contribution in [-0.4, -0.2) is 43.3 Å². The van der Waals surface area contributed by atoms with E-state index in [1.165, 1.54) is 0 Å². The van der Waals surface area contributed by atoms with Crippen LogP contribution in [-0.2, 0) is 11.2 Å². The van der Waals surface area contributed by atoms with Crippen molar-refractivity contribution in [3.05, 3.63) is 29.0 Å². The lowest BCUT2D eigenvalue weighted by atomic mass is 10.2. The van der Waals surface area contributed by atoms with E-state index in [9.17, 15) is 0 Å². The topological polar surface area (TPSA) is 58.5 Å². The predicted molar refractivity (Wildman–Crippen MR) is 92.6 cm³/mol. The number of aromatic nitrogens is 1. The Balaban J connectivity index is 2.28. The Hall–Kier alpha value is -1.33. The molecule has 1 rings (SSSR count). The van der Waals surface area contributed by atoms with Gasteiger partial charge in [-0.05, 0) is 45.2 Å². The maximum atomic E-state index is 5.77. The van der Waals surface area contributed by atoms with Gasteiger partial charge >= 0.3 is 0 Å². The van der Waals surface area contributed by atoms with E-state index in [-0.39, 0.29) is 6.10 Å². The fraction of sp³-hybridized carbons (Fsp3) is 0.625. The molecule has 1 heterocycles. The number of hydrogen-bond acceptors (Lipinski definition) is 3. The second-order valence-electron chi connectivity index (χ2n) is 5.20. The highest BCUT2D eigenvalue weighted by Gasteiger charge is 1.99. The molecule has 0 aromatic carbocycles. The molecule has 1 aromatic heterocycles. The first-order valence-corrected chi connectivity index (χ1v) is 8.23. The Morgan fingerprint density at radius 3 is 2.82 bits per heavy atom. The van der Waals surface area contributed by atoms with Crippen molar-refractivity contribution in [3.8, 4) is 0 Å². The number of ether oxygens (including phenoxy) is 1. The number of pyridine rings is 1. The fourth-order valence-corrected chi connectivity index (χ4v) is 1.91. The van der Waals surface area contributed by atoms with E-state index in [0.29, 0.717) is 5.15 Å². The van der Waals surface area contributed by atoms with E-state index in [0.717, 1.165) is 50.6 Å². The highest BCUT2D eigenvalue weighted by molar-refractivity contribution is 6.29. The highest BCUT2D eigenvalue weighted by Crippen LogP contribution is 2.05. The Kier molecular flexibility index (Phi) is 9.59. The van der Waals surface area contributed by atoms with Gasteiger partial charge < -0.3 is 15.4 Å². The van der Waals surface area contributed by atoms with Crippen LogP contribution in [0, 0.1) is 0 Å². The Morgan fingerprint density at radius 2 is 2.18 bits per heavy atom. The molecule has 0 aliphatic carbocycles. The maximum absolute atomic E-state index is 5.77. The quantitative estimate of drug-likeness (QED) is 0.317. The van der Waals surface area contributed by atoms with Crippen molar-refractivity contribution in [1.82, 2.24) is 15.6 Å². The summed E-state index contributed by atoms with van der Waals surface area (Å²) in [5.41, 5.74) is 1.15. The number of nitrogens with one attached hydrogen (secondary N) is 2. The first-order valence-electron chi connectivity index (χ1n) is 7.86. The van der Waals surface area contributed by atoms with Crippen LogP contribution in [0.1, 0.15) is 32.8 Å². The molecule has 5 nitrogen and oxygen atoms in total. The minimum atomic E-state index is 0.281. The smallest absolute Gasteiger partial charge is 0.191 e. The average molecular weight is 327 g/mol. The van der Waals surface area contributed by atoms with Crippen LogP contribution >= 0.6 is 11.6 Å². The van der Waals surface area contributed by atoms with Crippen molar-refractivity contribution in [1.29, 1.82) is 0 Å². The average Bonchev–Trinajstić information content (AvgIpc) is 2.48. The van der Waals surface area contributed by atoms with E-state index in [2.05, 4.69) is 27.5 Å². The molecule has 0 bridgehead atoms. The van der Waals surface area contributed by atoms with Crippen molar-refractivity contribution in [2.75, 3.05) is 26.2 Å². The molecule has 0 saturated carbocycles. The molecule has 0 radical (unpaired) electrons. The zero-order valence-electron chi connectivity index (χ0n) is 13.7. The molecular formula is C16H27ClN4O. The summed E-state index contributed by atoms with van der Waals surface area (Å²) in [5, 5.41) is 7.08.